The predicted molar refractivity (Wildman–Crippen MR) is 91.2 cm³/mol. The van der Waals surface area contributed by atoms with Gasteiger partial charge in [0.25, 0.3) is 0 Å². The number of H-pyrrole nitrogens is 1. The summed E-state index contributed by atoms with van der Waals surface area (Å²) in [6.45, 7) is 2.60. The molecule has 0 amide bonds. The number of rotatable bonds is 5. The second-order valence-corrected chi connectivity index (χ2v) is 5.03. The SMILES string of the molecule is CCOc1ccc(/C=N\n2c(-c3ccncc3)n[nH]c2=S)cc1. The highest BCUT2D eigenvalue weighted by Gasteiger charge is 2.07. The molecule has 23 heavy (non-hydrogen) atoms. The second kappa shape index (κ2) is 6.97. The van der Waals surface area contributed by atoms with Gasteiger partial charge in [-0.05, 0) is 61.1 Å². The third kappa shape index (κ3) is 3.51. The largest absolute Gasteiger partial charge is 0.494 e. The van der Waals surface area contributed by atoms with Crippen LogP contribution in [0.5, 0.6) is 5.75 Å². The van der Waals surface area contributed by atoms with Crippen LogP contribution in [0.3, 0.4) is 0 Å². The smallest absolute Gasteiger partial charge is 0.216 e. The van der Waals surface area contributed by atoms with Gasteiger partial charge in [0.15, 0.2) is 5.82 Å². The first kappa shape index (κ1) is 15.1. The van der Waals surface area contributed by atoms with E-state index in [-0.39, 0.29) is 0 Å². The quantitative estimate of drug-likeness (QED) is 0.577. The molecule has 1 N–H and O–H groups in total. The zero-order valence-electron chi connectivity index (χ0n) is 12.5. The summed E-state index contributed by atoms with van der Waals surface area (Å²) in [5.74, 6) is 1.47. The van der Waals surface area contributed by atoms with E-state index in [9.17, 15) is 0 Å². The van der Waals surface area contributed by atoms with Crippen molar-refractivity contribution in [3.63, 3.8) is 0 Å². The Balaban J connectivity index is 1.88. The molecule has 3 rings (SSSR count). The molecule has 0 aliphatic carbocycles. The Bertz CT molecular complexity index is 852. The van der Waals surface area contributed by atoms with Crippen LogP contribution in [-0.4, -0.2) is 32.7 Å². The fourth-order valence-corrected chi connectivity index (χ4v) is 2.21. The number of pyridine rings is 1. The Morgan fingerprint density at radius 1 is 1.22 bits per heavy atom. The normalized spacial score (nSPS) is 11.0. The van der Waals surface area contributed by atoms with E-state index in [2.05, 4.69) is 20.3 Å². The Labute approximate surface area is 138 Å². The van der Waals surface area contributed by atoms with Gasteiger partial charge >= 0.3 is 0 Å². The Morgan fingerprint density at radius 2 is 1.96 bits per heavy atom. The maximum atomic E-state index is 5.42. The number of ether oxygens (including phenoxy) is 1. The topological polar surface area (TPSA) is 68.1 Å². The molecule has 2 aromatic heterocycles. The van der Waals surface area contributed by atoms with Crippen molar-refractivity contribution >= 4 is 18.4 Å². The lowest BCUT2D eigenvalue weighted by Crippen LogP contribution is -1.95. The molecule has 0 saturated heterocycles. The fraction of sp³-hybridized carbons (Fsp3) is 0.125. The minimum Gasteiger partial charge on any atom is -0.494 e. The molecule has 0 aliphatic rings. The molecule has 7 heteroatoms. The summed E-state index contributed by atoms with van der Waals surface area (Å²) in [4.78, 5) is 4.00. The lowest BCUT2D eigenvalue weighted by molar-refractivity contribution is 0.340. The summed E-state index contributed by atoms with van der Waals surface area (Å²) >= 11 is 5.24. The van der Waals surface area contributed by atoms with Crippen LogP contribution in [0.4, 0.5) is 0 Å². The molecule has 3 aromatic rings. The van der Waals surface area contributed by atoms with Crippen molar-refractivity contribution in [2.45, 2.75) is 6.92 Å². The first-order valence-corrected chi connectivity index (χ1v) is 7.54. The number of aromatic amines is 1. The maximum absolute atomic E-state index is 5.42. The summed E-state index contributed by atoms with van der Waals surface area (Å²) in [6.07, 6.45) is 5.13. The van der Waals surface area contributed by atoms with Crippen LogP contribution < -0.4 is 4.74 Å². The van der Waals surface area contributed by atoms with Gasteiger partial charge in [-0.3, -0.25) is 4.98 Å². The molecule has 1 aromatic carbocycles. The van der Waals surface area contributed by atoms with Crippen LogP contribution in [0, 0.1) is 4.77 Å². The van der Waals surface area contributed by atoms with Crippen LogP contribution >= 0.6 is 12.2 Å². The first-order valence-electron chi connectivity index (χ1n) is 7.13. The summed E-state index contributed by atoms with van der Waals surface area (Å²) < 4.78 is 7.43. The zero-order valence-corrected chi connectivity index (χ0v) is 13.3. The van der Waals surface area contributed by atoms with Gasteiger partial charge in [-0.25, -0.2) is 5.10 Å². The molecule has 6 nitrogen and oxygen atoms in total. The molecule has 116 valence electrons. The van der Waals surface area contributed by atoms with Gasteiger partial charge in [-0.15, -0.1) is 0 Å². The molecule has 0 atom stereocenters. The van der Waals surface area contributed by atoms with E-state index >= 15 is 0 Å². The molecule has 2 heterocycles. The van der Waals surface area contributed by atoms with Crippen LogP contribution in [0.1, 0.15) is 12.5 Å². The molecule has 0 unspecified atom stereocenters. The van der Waals surface area contributed by atoms with E-state index in [0.29, 0.717) is 17.2 Å². The lowest BCUT2D eigenvalue weighted by atomic mass is 10.2. The van der Waals surface area contributed by atoms with Crippen molar-refractivity contribution < 1.29 is 4.74 Å². The van der Waals surface area contributed by atoms with Gasteiger partial charge in [-0.1, -0.05) is 0 Å². The summed E-state index contributed by atoms with van der Waals surface area (Å²) in [5, 5.41) is 11.4. The number of nitrogens with zero attached hydrogens (tertiary/aromatic N) is 4. The molecule has 0 radical (unpaired) electrons. The average molecular weight is 325 g/mol. The average Bonchev–Trinajstić information content (AvgIpc) is 2.96. The maximum Gasteiger partial charge on any atom is 0.216 e. The molecular weight excluding hydrogens is 310 g/mol. The Hall–Kier alpha value is -2.80. The van der Waals surface area contributed by atoms with Crippen molar-refractivity contribution in [2.24, 2.45) is 5.10 Å². The number of nitrogens with one attached hydrogen (secondary N) is 1. The summed E-state index contributed by atoms with van der Waals surface area (Å²) in [5.41, 5.74) is 1.83. The molecule has 0 saturated carbocycles. The molecule has 0 fully saturated rings. The first-order chi connectivity index (χ1) is 11.3. The van der Waals surface area contributed by atoms with Crippen LogP contribution in [0.15, 0.2) is 53.9 Å². The predicted octanol–water partition coefficient (Wildman–Crippen LogP) is 3.28. The molecule has 0 spiro atoms. The van der Waals surface area contributed by atoms with E-state index in [1.54, 1.807) is 23.3 Å². The van der Waals surface area contributed by atoms with E-state index in [4.69, 9.17) is 17.0 Å². The van der Waals surface area contributed by atoms with Gasteiger partial charge in [0.2, 0.25) is 4.77 Å². The second-order valence-electron chi connectivity index (χ2n) is 4.65. The third-order valence-corrected chi connectivity index (χ3v) is 3.37. The number of hydrogen-bond acceptors (Lipinski definition) is 5. The van der Waals surface area contributed by atoms with Crippen LogP contribution in [0.2, 0.25) is 0 Å². The van der Waals surface area contributed by atoms with E-state index in [0.717, 1.165) is 16.9 Å². The number of benzene rings is 1. The van der Waals surface area contributed by atoms with Crippen molar-refractivity contribution in [2.75, 3.05) is 6.61 Å². The number of hydrogen-bond donors (Lipinski definition) is 1. The highest BCUT2D eigenvalue weighted by Crippen LogP contribution is 2.16. The monoisotopic (exact) mass is 325 g/mol. The minimum absolute atomic E-state index is 0.430. The highest BCUT2D eigenvalue weighted by atomic mass is 32.1. The van der Waals surface area contributed by atoms with Crippen molar-refractivity contribution in [3.8, 4) is 17.1 Å². The molecular formula is C16H15N5OS. The molecule has 0 bridgehead atoms. The molecule has 0 aliphatic heterocycles. The Kier molecular flexibility index (Phi) is 4.58. The third-order valence-electron chi connectivity index (χ3n) is 3.10. The van der Waals surface area contributed by atoms with Crippen molar-refractivity contribution in [1.82, 2.24) is 19.9 Å². The standard InChI is InChI=1S/C16H15N5OS/c1-2-22-14-5-3-12(4-6-14)11-18-21-15(19-20-16(21)23)13-7-9-17-10-8-13/h3-11H,2H2,1H3,(H,20,23)/b18-11-. The van der Waals surface area contributed by atoms with Crippen LogP contribution in [-0.2, 0) is 0 Å². The van der Waals surface area contributed by atoms with Crippen molar-refractivity contribution in [1.29, 1.82) is 0 Å². The number of aromatic nitrogens is 4. The minimum atomic E-state index is 0.430. The Morgan fingerprint density at radius 3 is 2.65 bits per heavy atom. The lowest BCUT2D eigenvalue weighted by Gasteiger charge is -2.02. The van der Waals surface area contributed by atoms with E-state index in [1.165, 1.54) is 0 Å². The van der Waals surface area contributed by atoms with E-state index < -0.39 is 0 Å². The summed E-state index contributed by atoms with van der Waals surface area (Å²) in [6, 6.07) is 11.4. The van der Waals surface area contributed by atoms with Crippen molar-refractivity contribution in [3.05, 3.63) is 59.1 Å². The van der Waals surface area contributed by atoms with Crippen LogP contribution in [0.25, 0.3) is 11.4 Å². The van der Waals surface area contributed by atoms with Gasteiger partial charge in [0.1, 0.15) is 5.75 Å². The summed E-state index contributed by atoms with van der Waals surface area (Å²) in [7, 11) is 0. The van der Waals surface area contributed by atoms with Gasteiger partial charge in [-0.2, -0.15) is 14.9 Å². The van der Waals surface area contributed by atoms with Gasteiger partial charge < -0.3 is 4.74 Å². The van der Waals surface area contributed by atoms with Gasteiger partial charge in [0, 0.05) is 18.0 Å². The fourth-order valence-electron chi connectivity index (χ4n) is 2.03. The highest BCUT2D eigenvalue weighted by molar-refractivity contribution is 7.71. The van der Waals surface area contributed by atoms with E-state index in [1.807, 2.05) is 43.3 Å². The zero-order chi connectivity index (χ0) is 16.1. The van der Waals surface area contributed by atoms with Gasteiger partial charge in [0.05, 0.1) is 12.8 Å².